The van der Waals surface area contributed by atoms with E-state index in [9.17, 15) is 4.79 Å². The van der Waals surface area contributed by atoms with Crippen molar-refractivity contribution in [2.75, 3.05) is 12.3 Å². The standard InChI is InChI=1S/C13H20N8OS/c14-9-1-3-10(4-2-9)21-8-11(17-20-21)13(22)15-5-6-23-12-7-16-19-18-12/h7-10H,1-6,14H2,(H,15,22)(H,16,18,19). The summed E-state index contributed by atoms with van der Waals surface area (Å²) in [7, 11) is 0. The van der Waals surface area contributed by atoms with Crippen LogP contribution in [0.3, 0.4) is 0 Å². The lowest BCUT2D eigenvalue weighted by molar-refractivity contribution is 0.0951. The molecule has 1 aliphatic carbocycles. The maximum absolute atomic E-state index is 12.1. The van der Waals surface area contributed by atoms with Gasteiger partial charge in [0.2, 0.25) is 0 Å². The molecule has 0 unspecified atom stereocenters. The summed E-state index contributed by atoms with van der Waals surface area (Å²) in [4.78, 5) is 12.1. The molecule has 2 aromatic rings. The molecule has 23 heavy (non-hydrogen) atoms. The Kier molecular flexibility index (Phi) is 5.23. The van der Waals surface area contributed by atoms with Crippen molar-refractivity contribution in [1.29, 1.82) is 0 Å². The molecule has 3 rings (SSSR count). The van der Waals surface area contributed by atoms with Crippen LogP contribution in [0.4, 0.5) is 0 Å². The Morgan fingerprint density at radius 1 is 1.43 bits per heavy atom. The minimum Gasteiger partial charge on any atom is -0.350 e. The number of aromatic nitrogens is 6. The topological polar surface area (TPSA) is 127 Å². The van der Waals surface area contributed by atoms with Crippen molar-refractivity contribution in [3.8, 4) is 0 Å². The van der Waals surface area contributed by atoms with Crippen LogP contribution in [0.2, 0.25) is 0 Å². The van der Waals surface area contributed by atoms with Gasteiger partial charge in [0.1, 0.15) is 5.03 Å². The van der Waals surface area contributed by atoms with Gasteiger partial charge in [-0.1, -0.05) is 5.21 Å². The molecule has 9 nitrogen and oxygen atoms in total. The zero-order valence-electron chi connectivity index (χ0n) is 12.7. The first-order valence-electron chi connectivity index (χ1n) is 7.66. The average Bonchev–Trinajstić information content (AvgIpc) is 3.24. The maximum atomic E-state index is 12.1. The molecule has 2 aromatic heterocycles. The van der Waals surface area contributed by atoms with E-state index in [2.05, 4.69) is 31.0 Å². The molecule has 1 amide bonds. The molecule has 4 N–H and O–H groups in total. The lowest BCUT2D eigenvalue weighted by Crippen LogP contribution is -2.28. The number of H-pyrrole nitrogens is 1. The number of amides is 1. The van der Waals surface area contributed by atoms with Crippen molar-refractivity contribution >= 4 is 17.7 Å². The zero-order valence-corrected chi connectivity index (χ0v) is 13.5. The van der Waals surface area contributed by atoms with Gasteiger partial charge in [-0.05, 0) is 25.7 Å². The first kappa shape index (κ1) is 15.9. The van der Waals surface area contributed by atoms with Crippen LogP contribution >= 0.6 is 11.8 Å². The third-order valence-electron chi connectivity index (χ3n) is 3.89. The molecular weight excluding hydrogens is 316 g/mol. The fourth-order valence-electron chi connectivity index (χ4n) is 2.60. The molecule has 124 valence electrons. The van der Waals surface area contributed by atoms with Crippen LogP contribution in [0.15, 0.2) is 17.4 Å². The molecule has 0 spiro atoms. The second-order valence-electron chi connectivity index (χ2n) is 5.57. The summed E-state index contributed by atoms with van der Waals surface area (Å²) in [6.45, 7) is 0.529. The number of thioether (sulfide) groups is 1. The van der Waals surface area contributed by atoms with Crippen LogP contribution in [-0.2, 0) is 0 Å². The first-order chi connectivity index (χ1) is 11.2. The summed E-state index contributed by atoms with van der Waals surface area (Å²) in [5, 5.41) is 21.9. The van der Waals surface area contributed by atoms with Crippen molar-refractivity contribution in [2.45, 2.75) is 42.8 Å². The van der Waals surface area contributed by atoms with Crippen molar-refractivity contribution in [3.05, 3.63) is 18.1 Å². The smallest absolute Gasteiger partial charge is 0.273 e. The Morgan fingerprint density at radius 2 is 2.26 bits per heavy atom. The average molecular weight is 336 g/mol. The quantitative estimate of drug-likeness (QED) is 0.513. The zero-order chi connectivity index (χ0) is 16.1. The Balaban J connectivity index is 1.44. The number of nitrogens with one attached hydrogen (secondary N) is 2. The number of aromatic amines is 1. The highest BCUT2D eigenvalue weighted by molar-refractivity contribution is 7.99. The molecule has 0 radical (unpaired) electrons. The highest BCUT2D eigenvalue weighted by atomic mass is 32.2. The van der Waals surface area contributed by atoms with Crippen LogP contribution in [0.1, 0.15) is 42.2 Å². The van der Waals surface area contributed by atoms with Gasteiger partial charge >= 0.3 is 0 Å². The van der Waals surface area contributed by atoms with Gasteiger partial charge in [0.15, 0.2) is 5.69 Å². The second kappa shape index (κ2) is 7.55. The summed E-state index contributed by atoms with van der Waals surface area (Å²) < 4.78 is 1.80. The van der Waals surface area contributed by atoms with Gasteiger partial charge in [0, 0.05) is 18.3 Å². The number of rotatable bonds is 6. The minimum atomic E-state index is -0.204. The van der Waals surface area contributed by atoms with Crippen LogP contribution in [0, 0.1) is 0 Å². The Hall–Kier alpha value is -1.94. The predicted molar refractivity (Wildman–Crippen MR) is 84.9 cm³/mol. The van der Waals surface area contributed by atoms with E-state index in [0.29, 0.717) is 30.1 Å². The number of hydrogen-bond acceptors (Lipinski definition) is 7. The normalized spacial score (nSPS) is 21.3. The molecular formula is C13H20N8OS. The lowest BCUT2D eigenvalue weighted by atomic mass is 9.92. The van der Waals surface area contributed by atoms with Crippen LogP contribution in [0.25, 0.3) is 0 Å². The van der Waals surface area contributed by atoms with E-state index in [4.69, 9.17) is 5.73 Å². The van der Waals surface area contributed by atoms with Gasteiger partial charge in [-0.15, -0.1) is 22.0 Å². The van der Waals surface area contributed by atoms with E-state index in [0.717, 1.165) is 30.7 Å². The molecule has 0 atom stereocenters. The van der Waals surface area contributed by atoms with E-state index in [1.165, 1.54) is 11.8 Å². The van der Waals surface area contributed by atoms with Crippen molar-refractivity contribution < 1.29 is 4.79 Å². The molecule has 0 bridgehead atoms. The monoisotopic (exact) mass is 336 g/mol. The lowest BCUT2D eigenvalue weighted by Gasteiger charge is -2.25. The van der Waals surface area contributed by atoms with Gasteiger partial charge < -0.3 is 11.1 Å². The van der Waals surface area contributed by atoms with Gasteiger partial charge in [-0.2, -0.15) is 10.3 Å². The molecule has 0 aromatic carbocycles. The van der Waals surface area contributed by atoms with Gasteiger partial charge in [0.25, 0.3) is 5.91 Å². The SMILES string of the molecule is NC1CCC(n2cc(C(=O)NCCSc3cn[nH]n3)nn2)CC1. The van der Waals surface area contributed by atoms with Gasteiger partial charge in [-0.25, -0.2) is 4.68 Å². The number of nitrogens with two attached hydrogens (primary N) is 1. The van der Waals surface area contributed by atoms with Crippen LogP contribution in [-0.4, -0.2) is 54.7 Å². The van der Waals surface area contributed by atoms with E-state index in [1.54, 1.807) is 17.1 Å². The number of hydrogen-bond donors (Lipinski definition) is 3. The second-order valence-corrected chi connectivity index (χ2v) is 6.68. The first-order valence-corrected chi connectivity index (χ1v) is 8.65. The number of carbonyl (C=O) groups excluding carboxylic acids is 1. The number of nitrogens with zero attached hydrogens (tertiary/aromatic N) is 5. The van der Waals surface area contributed by atoms with E-state index in [-0.39, 0.29) is 5.91 Å². The molecule has 0 saturated heterocycles. The van der Waals surface area contributed by atoms with Crippen molar-refractivity contribution in [2.24, 2.45) is 5.73 Å². The molecule has 1 saturated carbocycles. The molecule has 10 heteroatoms. The molecule has 0 aliphatic heterocycles. The van der Waals surface area contributed by atoms with E-state index >= 15 is 0 Å². The minimum absolute atomic E-state index is 0.204. The molecule has 1 fully saturated rings. The maximum Gasteiger partial charge on any atom is 0.273 e. The third-order valence-corrected chi connectivity index (χ3v) is 4.79. The fourth-order valence-corrected chi connectivity index (χ4v) is 3.24. The highest BCUT2D eigenvalue weighted by Gasteiger charge is 2.22. The predicted octanol–water partition coefficient (Wildman–Crippen LogP) is 0.361. The Labute approximate surface area is 137 Å². The Bertz CT molecular complexity index is 620. The van der Waals surface area contributed by atoms with Crippen LogP contribution in [0.5, 0.6) is 0 Å². The molecule has 2 heterocycles. The van der Waals surface area contributed by atoms with Crippen molar-refractivity contribution in [3.63, 3.8) is 0 Å². The van der Waals surface area contributed by atoms with Crippen LogP contribution < -0.4 is 11.1 Å². The fraction of sp³-hybridized carbons (Fsp3) is 0.615. The highest BCUT2D eigenvalue weighted by Crippen LogP contribution is 2.26. The summed E-state index contributed by atoms with van der Waals surface area (Å²) in [6, 6.07) is 0.589. The van der Waals surface area contributed by atoms with Crippen molar-refractivity contribution in [1.82, 2.24) is 35.7 Å². The molecule has 1 aliphatic rings. The Morgan fingerprint density at radius 3 is 3.00 bits per heavy atom. The summed E-state index contributed by atoms with van der Waals surface area (Å²) in [5.41, 5.74) is 6.26. The largest absolute Gasteiger partial charge is 0.350 e. The summed E-state index contributed by atoms with van der Waals surface area (Å²) in [6.07, 6.45) is 7.33. The number of carbonyl (C=O) groups is 1. The summed E-state index contributed by atoms with van der Waals surface area (Å²) >= 11 is 1.52. The third kappa shape index (κ3) is 4.29. The van der Waals surface area contributed by atoms with E-state index < -0.39 is 0 Å². The van der Waals surface area contributed by atoms with Gasteiger partial charge in [0.05, 0.1) is 18.4 Å². The van der Waals surface area contributed by atoms with E-state index in [1.807, 2.05) is 0 Å². The van der Waals surface area contributed by atoms with Gasteiger partial charge in [-0.3, -0.25) is 4.79 Å². The summed E-state index contributed by atoms with van der Waals surface area (Å²) in [5.74, 6) is 0.511.